The second-order valence-electron chi connectivity index (χ2n) is 7.70. The monoisotopic (exact) mass is 382 g/mol. The number of hydrogen-bond donors (Lipinski definition) is 1. The third-order valence-corrected chi connectivity index (χ3v) is 5.41. The van der Waals surface area contributed by atoms with Gasteiger partial charge in [-0.3, -0.25) is 9.20 Å². The van der Waals surface area contributed by atoms with Crippen LogP contribution in [0.1, 0.15) is 40.2 Å². The van der Waals surface area contributed by atoms with Crippen molar-refractivity contribution in [2.24, 2.45) is 0 Å². The highest BCUT2D eigenvalue weighted by Gasteiger charge is 2.24. The minimum Gasteiger partial charge on any atom is -0.349 e. The minimum absolute atomic E-state index is 0.00227. The third-order valence-electron chi connectivity index (χ3n) is 5.41. The van der Waals surface area contributed by atoms with Crippen molar-refractivity contribution in [3.8, 4) is 11.1 Å². The van der Waals surface area contributed by atoms with Gasteiger partial charge < -0.3 is 5.32 Å². The van der Waals surface area contributed by atoms with Gasteiger partial charge in [0.05, 0.1) is 0 Å². The van der Waals surface area contributed by atoms with E-state index in [1.165, 1.54) is 5.56 Å². The number of nitrogens with one attached hydrogen (secondary N) is 1. The number of aromatic nitrogens is 3. The molecule has 144 valence electrons. The van der Waals surface area contributed by atoms with Crippen LogP contribution in [0.2, 0.25) is 0 Å². The van der Waals surface area contributed by atoms with Crippen molar-refractivity contribution in [1.82, 2.24) is 19.9 Å². The topological polar surface area (TPSA) is 59.3 Å². The smallest absolute Gasteiger partial charge is 0.251 e. The lowest BCUT2D eigenvalue weighted by molar-refractivity contribution is 0.0951. The first kappa shape index (κ1) is 17.6. The fraction of sp³-hybridized carbons (Fsp3) is 0.208. The fourth-order valence-corrected chi connectivity index (χ4v) is 3.58. The van der Waals surface area contributed by atoms with Gasteiger partial charge in [-0.25, -0.2) is 0 Å². The Balaban J connectivity index is 1.47. The lowest BCUT2D eigenvalue weighted by atomic mass is 9.98. The van der Waals surface area contributed by atoms with Gasteiger partial charge in [-0.2, -0.15) is 0 Å². The summed E-state index contributed by atoms with van der Waals surface area (Å²) >= 11 is 0. The zero-order chi connectivity index (χ0) is 19.8. The molecule has 1 saturated carbocycles. The molecule has 2 aromatic heterocycles. The molecule has 0 radical (unpaired) electrons. The van der Waals surface area contributed by atoms with Crippen LogP contribution in [0.15, 0.2) is 66.9 Å². The molecule has 29 heavy (non-hydrogen) atoms. The molecular formula is C24H22N4O. The maximum Gasteiger partial charge on any atom is 0.251 e. The summed E-state index contributed by atoms with van der Waals surface area (Å²) in [4.78, 5) is 12.4. The van der Waals surface area contributed by atoms with Gasteiger partial charge in [-0.15, -0.1) is 10.2 Å². The molecule has 5 nitrogen and oxygen atoms in total. The van der Waals surface area contributed by atoms with Crippen LogP contribution in [0.25, 0.3) is 16.8 Å². The van der Waals surface area contributed by atoms with Crippen molar-refractivity contribution in [2.45, 2.75) is 32.2 Å². The Kier molecular flexibility index (Phi) is 4.35. The van der Waals surface area contributed by atoms with Crippen LogP contribution in [0.5, 0.6) is 0 Å². The van der Waals surface area contributed by atoms with E-state index in [4.69, 9.17) is 0 Å². The van der Waals surface area contributed by atoms with E-state index in [0.717, 1.165) is 47.4 Å². The van der Waals surface area contributed by atoms with Crippen LogP contribution in [0.4, 0.5) is 0 Å². The molecule has 5 rings (SSSR count). The highest BCUT2D eigenvalue weighted by atomic mass is 16.1. The highest BCUT2D eigenvalue weighted by molar-refractivity contribution is 5.96. The summed E-state index contributed by atoms with van der Waals surface area (Å²) in [7, 11) is 0. The van der Waals surface area contributed by atoms with Crippen LogP contribution in [-0.4, -0.2) is 26.5 Å². The van der Waals surface area contributed by atoms with E-state index >= 15 is 0 Å². The molecule has 1 fully saturated rings. The van der Waals surface area contributed by atoms with Crippen molar-refractivity contribution in [1.29, 1.82) is 0 Å². The molecule has 4 aromatic rings. The molecule has 0 aliphatic heterocycles. The average molecular weight is 382 g/mol. The summed E-state index contributed by atoms with van der Waals surface area (Å²) in [6.45, 7) is 2.06. The summed E-state index contributed by atoms with van der Waals surface area (Å²) in [5.41, 5.74) is 5.92. The van der Waals surface area contributed by atoms with E-state index in [9.17, 15) is 4.79 Å². The zero-order valence-corrected chi connectivity index (χ0v) is 16.3. The van der Waals surface area contributed by atoms with Crippen LogP contribution in [0.3, 0.4) is 0 Å². The SMILES string of the molecule is Cc1ccc(C(=O)NC2CC2)cc1-c1ccn2c(Cc3ccccc3)nnc2c1. The number of hydrogen-bond acceptors (Lipinski definition) is 3. The van der Waals surface area contributed by atoms with Gasteiger partial charge in [0.15, 0.2) is 5.65 Å². The second-order valence-corrected chi connectivity index (χ2v) is 7.70. The predicted octanol–water partition coefficient (Wildman–Crippen LogP) is 4.19. The van der Waals surface area contributed by atoms with Crippen LogP contribution >= 0.6 is 0 Å². The quantitative estimate of drug-likeness (QED) is 0.563. The number of carbonyl (C=O) groups excluding carboxylic acids is 1. The van der Waals surface area contributed by atoms with Gasteiger partial charge in [0.1, 0.15) is 5.82 Å². The van der Waals surface area contributed by atoms with Gasteiger partial charge in [0, 0.05) is 24.2 Å². The molecule has 1 aliphatic carbocycles. The molecule has 0 atom stereocenters. The van der Waals surface area contributed by atoms with Crippen LogP contribution in [-0.2, 0) is 6.42 Å². The van der Waals surface area contributed by atoms with Gasteiger partial charge in [0.2, 0.25) is 0 Å². The predicted molar refractivity (Wildman–Crippen MR) is 113 cm³/mol. The van der Waals surface area contributed by atoms with E-state index in [1.807, 2.05) is 53.1 Å². The molecule has 1 N–H and O–H groups in total. The highest BCUT2D eigenvalue weighted by Crippen LogP contribution is 2.27. The summed E-state index contributed by atoms with van der Waals surface area (Å²) in [5, 5.41) is 11.8. The van der Waals surface area contributed by atoms with Crippen LogP contribution < -0.4 is 5.32 Å². The lowest BCUT2D eigenvalue weighted by Crippen LogP contribution is -2.25. The number of fused-ring (bicyclic) bond motifs is 1. The Morgan fingerprint density at radius 3 is 2.69 bits per heavy atom. The van der Waals surface area contributed by atoms with E-state index in [1.54, 1.807) is 0 Å². The summed E-state index contributed by atoms with van der Waals surface area (Å²) < 4.78 is 2.02. The second kappa shape index (κ2) is 7.17. The van der Waals surface area contributed by atoms with Gasteiger partial charge in [0.25, 0.3) is 5.91 Å². The molecule has 0 bridgehead atoms. The summed E-state index contributed by atoms with van der Waals surface area (Å²) in [5.74, 6) is 0.912. The van der Waals surface area contributed by atoms with E-state index in [2.05, 4.69) is 40.6 Å². The van der Waals surface area contributed by atoms with E-state index in [0.29, 0.717) is 11.6 Å². The maximum atomic E-state index is 12.4. The first-order valence-electron chi connectivity index (χ1n) is 9.97. The normalized spacial score (nSPS) is 13.6. The molecule has 2 aromatic carbocycles. The Bertz CT molecular complexity index is 1190. The van der Waals surface area contributed by atoms with Crippen molar-refractivity contribution in [3.05, 3.63) is 89.4 Å². The van der Waals surface area contributed by atoms with Gasteiger partial charge in [-0.1, -0.05) is 36.4 Å². The van der Waals surface area contributed by atoms with Crippen molar-refractivity contribution in [3.63, 3.8) is 0 Å². The number of pyridine rings is 1. The Morgan fingerprint density at radius 2 is 1.90 bits per heavy atom. The number of benzene rings is 2. The molecule has 1 aliphatic rings. The van der Waals surface area contributed by atoms with Gasteiger partial charge in [-0.05, 0) is 66.3 Å². The Labute approximate surface area is 169 Å². The average Bonchev–Trinajstić information content (AvgIpc) is 3.47. The molecule has 0 saturated heterocycles. The minimum atomic E-state index is 0.00227. The maximum absolute atomic E-state index is 12.4. The number of nitrogens with zero attached hydrogens (tertiary/aromatic N) is 3. The molecule has 5 heteroatoms. The van der Waals surface area contributed by atoms with E-state index in [-0.39, 0.29) is 5.91 Å². The Morgan fingerprint density at radius 1 is 1.07 bits per heavy atom. The summed E-state index contributed by atoms with van der Waals surface area (Å²) in [6, 6.07) is 20.6. The standard InChI is InChI=1S/C24H22N4O/c1-16-7-8-19(24(29)25-20-9-10-20)14-21(16)18-11-12-28-22(26-27-23(28)15-18)13-17-5-3-2-4-6-17/h2-8,11-12,14-15,20H,9-10,13H2,1H3,(H,25,29). The van der Waals surface area contributed by atoms with Crippen molar-refractivity contribution < 1.29 is 4.79 Å². The fourth-order valence-electron chi connectivity index (χ4n) is 3.58. The third kappa shape index (κ3) is 3.63. The number of aryl methyl sites for hydroxylation is 1. The first-order chi connectivity index (χ1) is 14.2. The zero-order valence-electron chi connectivity index (χ0n) is 16.3. The summed E-state index contributed by atoms with van der Waals surface area (Å²) in [6.07, 6.45) is 4.91. The number of amides is 1. The molecule has 0 spiro atoms. The van der Waals surface area contributed by atoms with Crippen molar-refractivity contribution >= 4 is 11.6 Å². The molecular weight excluding hydrogens is 360 g/mol. The molecule has 1 amide bonds. The van der Waals surface area contributed by atoms with Crippen LogP contribution in [0, 0.1) is 6.92 Å². The number of rotatable bonds is 5. The largest absolute Gasteiger partial charge is 0.349 e. The molecule has 0 unspecified atom stereocenters. The van der Waals surface area contributed by atoms with Gasteiger partial charge >= 0.3 is 0 Å². The van der Waals surface area contributed by atoms with E-state index < -0.39 is 0 Å². The first-order valence-corrected chi connectivity index (χ1v) is 9.97. The van der Waals surface area contributed by atoms with Crippen molar-refractivity contribution in [2.75, 3.05) is 0 Å². The number of carbonyl (C=O) groups is 1. The Hall–Kier alpha value is -3.47. The molecule has 2 heterocycles. The lowest BCUT2D eigenvalue weighted by Gasteiger charge is -2.10.